The van der Waals surface area contributed by atoms with Gasteiger partial charge in [0.2, 0.25) is 12.5 Å². The van der Waals surface area contributed by atoms with E-state index >= 15 is 0 Å². The molecule has 0 fully saturated rings. The fourth-order valence-electron chi connectivity index (χ4n) is 5.15. The van der Waals surface area contributed by atoms with E-state index in [4.69, 9.17) is 28.4 Å². The van der Waals surface area contributed by atoms with Gasteiger partial charge in [-0.25, -0.2) is 0 Å². The number of ether oxygens (including phenoxy) is 6. The zero-order valence-corrected chi connectivity index (χ0v) is 20.4. The van der Waals surface area contributed by atoms with Crippen LogP contribution in [-0.2, 0) is 0 Å². The summed E-state index contributed by atoms with van der Waals surface area (Å²) < 4.78 is 33.5. The Hall–Kier alpha value is -3.94. The first kappa shape index (κ1) is 22.8. The number of hydrogen-bond donors (Lipinski definition) is 2. The number of methoxy groups -OCH3 is 4. The number of aromatic hydroxyl groups is 1. The van der Waals surface area contributed by atoms with Crippen LogP contribution in [0.3, 0.4) is 0 Å². The SMILES string of the molecule is COc1cc([C@H]2c3cc4c(cc3N[C@@H](c3cc(OC)c(OC)c(OC)c3)[C@@H]2C)OCO4)ccc1O. The van der Waals surface area contributed by atoms with Gasteiger partial charge >= 0.3 is 0 Å². The minimum Gasteiger partial charge on any atom is -0.504 e. The van der Waals surface area contributed by atoms with Crippen molar-refractivity contribution < 1.29 is 33.5 Å². The fourth-order valence-corrected chi connectivity index (χ4v) is 5.15. The van der Waals surface area contributed by atoms with Crippen molar-refractivity contribution >= 4 is 5.69 Å². The van der Waals surface area contributed by atoms with E-state index in [1.807, 2.05) is 36.4 Å². The van der Waals surface area contributed by atoms with E-state index in [-0.39, 0.29) is 30.4 Å². The third-order valence-electron chi connectivity index (χ3n) is 6.85. The molecular weight excluding hydrogens is 450 g/mol. The Morgan fingerprint density at radius 2 is 1.43 bits per heavy atom. The zero-order chi connectivity index (χ0) is 24.7. The Morgan fingerprint density at radius 1 is 0.800 bits per heavy atom. The van der Waals surface area contributed by atoms with Crippen molar-refractivity contribution in [1.82, 2.24) is 0 Å². The number of fused-ring (bicyclic) bond motifs is 2. The van der Waals surface area contributed by atoms with Crippen LogP contribution in [0.4, 0.5) is 5.69 Å². The van der Waals surface area contributed by atoms with Crippen molar-refractivity contribution in [2.45, 2.75) is 18.9 Å². The predicted octanol–water partition coefficient (Wildman–Crippen LogP) is 5.09. The topological polar surface area (TPSA) is 87.6 Å². The first-order chi connectivity index (χ1) is 17.0. The lowest BCUT2D eigenvalue weighted by molar-refractivity contribution is 0.174. The molecule has 0 aromatic heterocycles. The van der Waals surface area contributed by atoms with Gasteiger partial charge in [-0.05, 0) is 52.9 Å². The minimum atomic E-state index is -0.0959. The average Bonchev–Trinajstić information content (AvgIpc) is 3.34. The van der Waals surface area contributed by atoms with Crippen molar-refractivity contribution in [2.24, 2.45) is 5.92 Å². The second kappa shape index (κ2) is 9.02. The highest BCUT2D eigenvalue weighted by molar-refractivity contribution is 5.68. The van der Waals surface area contributed by atoms with Gasteiger partial charge in [0, 0.05) is 17.7 Å². The molecule has 8 nitrogen and oxygen atoms in total. The third-order valence-corrected chi connectivity index (χ3v) is 6.85. The summed E-state index contributed by atoms with van der Waals surface area (Å²) >= 11 is 0. The summed E-state index contributed by atoms with van der Waals surface area (Å²) in [4.78, 5) is 0. The van der Waals surface area contributed by atoms with Crippen LogP contribution >= 0.6 is 0 Å². The first-order valence-electron chi connectivity index (χ1n) is 11.4. The molecule has 0 aliphatic carbocycles. The second-order valence-corrected chi connectivity index (χ2v) is 8.64. The first-order valence-corrected chi connectivity index (χ1v) is 11.4. The molecule has 0 spiro atoms. The lowest BCUT2D eigenvalue weighted by Gasteiger charge is -2.40. The number of rotatable bonds is 6. The Labute approximate surface area is 204 Å². The summed E-state index contributed by atoms with van der Waals surface area (Å²) in [5.74, 6) is 3.75. The molecule has 0 amide bonds. The molecule has 5 rings (SSSR count). The van der Waals surface area contributed by atoms with Crippen LogP contribution in [0.25, 0.3) is 0 Å². The molecule has 0 saturated heterocycles. The summed E-state index contributed by atoms with van der Waals surface area (Å²) in [5.41, 5.74) is 4.04. The van der Waals surface area contributed by atoms with E-state index in [9.17, 15) is 5.11 Å². The molecule has 2 aliphatic heterocycles. The standard InChI is InChI=1S/C27H29NO7/c1-14-25(15-6-7-19(29)20(8-15)30-2)17-11-21-22(35-13-34-21)12-18(17)28-26(14)16-9-23(31-3)27(33-5)24(10-16)32-4/h6-12,14,25-26,28-29H,13H2,1-5H3/t14-,25+,26-/m1/s1. The van der Waals surface area contributed by atoms with Crippen molar-refractivity contribution in [1.29, 1.82) is 0 Å². The number of benzene rings is 3. The van der Waals surface area contributed by atoms with Crippen molar-refractivity contribution in [3.8, 4) is 40.2 Å². The molecule has 0 bridgehead atoms. The van der Waals surface area contributed by atoms with Crippen LogP contribution in [0.15, 0.2) is 42.5 Å². The maximum absolute atomic E-state index is 10.2. The molecule has 2 N–H and O–H groups in total. The van der Waals surface area contributed by atoms with Crippen LogP contribution < -0.4 is 33.7 Å². The van der Waals surface area contributed by atoms with E-state index in [0.717, 1.165) is 28.1 Å². The fraction of sp³-hybridized carbons (Fsp3) is 0.333. The zero-order valence-electron chi connectivity index (χ0n) is 20.4. The van der Waals surface area contributed by atoms with Crippen molar-refractivity contribution in [3.63, 3.8) is 0 Å². The Morgan fingerprint density at radius 3 is 2.06 bits per heavy atom. The van der Waals surface area contributed by atoms with E-state index < -0.39 is 0 Å². The molecule has 0 unspecified atom stereocenters. The number of nitrogens with one attached hydrogen (secondary N) is 1. The second-order valence-electron chi connectivity index (χ2n) is 8.64. The molecule has 3 aromatic carbocycles. The molecule has 2 heterocycles. The molecule has 0 saturated carbocycles. The van der Waals surface area contributed by atoms with Crippen molar-refractivity contribution in [3.05, 3.63) is 59.2 Å². The molecule has 3 atom stereocenters. The summed E-state index contributed by atoms with van der Waals surface area (Å²) in [6, 6.07) is 13.4. The van der Waals surface area contributed by atoms with Gasteiger partial charge in [-0.15, -0.1) is 0 Å². The van der Waals surface area contributed by atoms with Gasteiger partial charge in [0.15, 0.2) is 34.5 Å². The van der Waals surface area contributed by atoms with Gasteiger partial charge in [0.05, 0.1) is 34.5 Å². The highest BCUT2D eigenvalue weighted by Gasteiger charge is 2.38. The van der Waals surface area contributed by atoms with Gasteiger partial charge < -0.3 is 38.8 Å². The van der Waals surface area contributed by atoms with Crippen LogP contribution in [0.2, 0.25) is 0 Å². The molecule has 2 aliphatic rings. The summed E-state index contributed by atoms with van der Waals surface area (Å²) in [6.45, 7) is 2.39. The van der Waals surface area contributed by atoms with E-state index in [0.29, 0.717) is 28.7 Å². The molecule has 0 radical (unpaired) electrons. The van der Waals surface area contributed by atoms with Crippen LogP contribution in [0.1, 0.15) is 35.6 Å². The van der Waals surface area contributed by atoms with Gasteiger partial charge in [-0.1, -0.05) is 13.0 Å². The highest BCUT2D eigenvalue weighted by atomic mass is 16.7. The normalized spacial score (nSPS) is 20.0. The number of phenols is 1. The molecule has 8 heteroatoms. The molecule has 3 aromatic rings. The Balaban J connectivity index is 1.67. The maximum atomic E-state index is 10.2. The van der Waals surface area contributed by atoms with Crippen LogP contribution in [-0.4, -0.2) is 40.3 Å². The van der Waals surface area contributed by atoms with Crippen molar-refractivity contribution in [2.75, 3.05) is 40.5 Å². The van der Waals surface area contributed by atoms with E-state index in [1.54, 1.807) is 34.5 Å². The van der Waals surface area contributed by atoms with Crippen LogP contribution in [0.5, 0.6) is 40.2 Å². The number of hydrogen-bond acceptors (Lipinski definition) is 8. The minimum absolute atomic E-state index is 0.0284. The average molecular weight is 480 g/mol. The smallest absolute Gasteiger partial charge is 0.231 e. The lowest BCUT2D eigenvalue weighted by Crippen LogP contribution is -2.30. The quantitative estimate of drug-likeness (QED) is 0.506. The van der Waals surface area contributed by atoms with Gasteiger partial charge in [-0.3, -0.25) is 0 Å². The predicted molar refractivity (Wildman–Crippen MR) is 131 cm³/mol. The highest BCUT2D eigenvalue weighted by Crippen LogP contribution is 2.53. The molecular formula is C27H29NO7. The summed E-state index contributed by atoms with van der Waals surface area (Å²) in [7, 11) is 6.37. The van der Waals surface area contributed by atoms with Gasteiger partial charge in [-0.2, -0.15) is 0 Å². The Bertz CT molecular complexity index is 1230. The van der Waals surface area contributed by atoms with Gasteiger partial charge in [0.25, 0.3) is 0 Å². The number of phenolic OH excluding ortho intramolecular Hbond substituents is 1. The monoisotopic (exact) mass is 479 g/mol. The lowest BCUT2D eigenvalue weighted by atomic mass is 9.72. The molecule has 184 valence electrons. The third kappa shape index (κ3) is 3.79. The summed E-state index contributed by atoms with van der Waals surface area (Å²) in [5, 5.41) is 13.9. The maximum Gasteiger partial charge on any atom is 0.231 e. The number of anilines is 1. The summed E-state index contributed by atoms with van der Waals surface area (Å²) in [6.07, 6.45) is 0. The molecule has 35 heavy (non-hydrogen) atoms. The van der Waals surface area contributed by atoms with E-state index in [1.165, 1.54) is 0 Å². The largest absolute Gasteiger partial charge is 0.504 e. The van der Waals surface area contributed by atoms with Crippen LogP contribution in [0, 0.1) is 5.92 Å². The van der Waals surface area contributed by atoms with Gasteiger partial charge in [0.1, 0.15) is 0 Å². The van der Waals surface area contributed by atoms with E-state index in [2.05, 4.69) is 12.2 Å². The Kier molecular flexibility index (Phi) is 5.88.